The Kier molecular flexibility index (Phi) is 27.3. The Labute approximate surface area is 624 Å². The first-order chi connectivity index (χ1) is 52.1. The number of hydrogen-bond donors (Lipinski definition) is 12. The zero-order chi connectivity index (χ0) is 76.9. The molecule has 1 saturated heterocycles. The maximum atomic E-state index is 17.0. The number of rotatable bonds is 20. The molecule has 5 aromatic heterocycles. The van der Waals surface area contributed by atoms with Crippen molar-refractivity contribution in [3.8, 4) is 61.8 Å². The molecule has 0 amide bonds. The lowest BCUT2D eigenvalue weighted by atomic mass is 9.99. The van der Waals surface area contributed by atoms with Crippen LogP contribution in [0, 0.1) is 41.0 Å². The molecule has 1 saturated carbocycles. The minimum Gasteiger partial charge on any atom is -0.508 e. The van der Waals surface area contributed by atoms with Gasteiger partial charge in [0.25, 0.3) is 0 Å². The van der Waals surface area contributed by atoms with Crippen molar-refractivity contribution in [2.75, 3.05) is 38.7 Å². The quantitative estimate of drug-likeness (QED) is 0.00641. The number of unbranched alkanes of at least 4 members (excludes halogenated alkanes) is 4. The minimum atomic E-state index is -1.64. The van der Waals surface area contributed by atoms with Gasteiger partial charge in [-0.3, -0.25) is 14.2 Å². The number of anilines is 1. The van der Waals surface area contributed by atoms with Crippen molar-refractivity contribution >= 4 is 58.0 Å². The highest BCUT2D eigenvalue weighted by atomic mass is 19.2. The van der Waals surface area contributed by atoms with Crippen LogP contribution in [0.25, 0.3) is 101 Å². The van der Waals surface area contributed by atoms with Gasteiger partial charge >= 0.3 is 5.97 Å². The number of azide groups is 1. The van der Waals surface area contributed by atoms with Crippen molar-refractivity contribution in [1.29, 1.82) is 0 Å². The van der Waals surface area contributed by atoms with Crippen LogP contribution in [0.2, 0.25) is 0 Å². The monoisotopic (exact) mass is 1500 g/mol. The van der Waals surface area contributed by atoms with Crippen LogP contribution in [0.1, 0.15) is 106 Å². The molecular weight excluding hydrogens is 1420 g/mol. The van der Waals surface area contributed by atoms with Crippen LogP contribution in [0.5, 0.6) is 17.2 Å². The summed E-state index contributed by atoms with van der Waals surface area (Å²) in [6, 6.07) is 26.6. The SMILES string of the molecule is C.CC(O)CO.CN=[N+]=[N-].Cn1cc(CO[C@H]2OC(CO)[C@@H](O)[C@H](O)C2O)nn1.Cn1nnc2c1CC[C@@H]1[C@H](CC2)[C@H]1COC(=O)CCCCCCCNc1c(F)c(F)c(-c2c3nc(c(-c4cccc(O)c4)c4ccc([nH]4)c(-c4cccc(O)c4)c4nc(c(-c5cccc(O)c5)c5ccc2[nH]5)C=C4)C=C3)c(F)c1F. The van der Waals surface area contributed by atoms with E-state index in [1.165, 1.54) is 48.6 Å². The number of fused-ring (bicyclic) bond motifs is 10. The molecule has 14 rings (SSSR count). The molecule has 0 radical (unpaired) electrons. The molecule has 8 heterocycles. The van der Waals surface area contributed by atoms with Crippen LogP contribution in [-0.2, 0) is 52.5 Å². The van der Waals surface area contributed by atoms with Crippen LogP contribution in [-0.4, -0.2) is 172 Å². The summed E-state index contributed by atoms with van der Waals surface area (Å²) in [5.74, 6) is -5.31. The molecule has 3 unspecified atom stereocenters. The van der Waals surface area contributed by atoms with Crippen molar-refractivity contribution in [2.45, 2.75) is 122 Å². The van der Waals surface area contributed by atoms with Gasteiger partial charge in [0.2, 0.25) is 0 Å². The highest BCUT2D eigenvalue weighted by Gasteiger charge is 2.50. The number of phenolic OH excluding ortho intramolecular Hbond substituents is 3. The third-order valence-electron chi connectivity index (χ3n) is 19.2. The van der Waals surface area contributed by atoms with Crippen molar-refractivity contribution in [2.24, 2.45) is 37.0 Å². The fourth-order valence-corrected chi connectivity index (χ4v) is 13.8. The Hall–Kier alpha value is -10.9. The lowest BCUT2D eigenvalue weighted by molar-refractivity contribution is -0.304. The van der Waals surface area contributed by atoms with Gasteiger partial charge < -0.3 is 75.5 Å². The number of benzene rings is 4. The van der Waals surface area contributed by atoms with E-state index in [9.17, 15) is 35.4 Å². The Morgan fingerprint density at radius 3 is 1.64 bits per heavy atom. The maximum Gasteiger partial charge on any atom is 0.305 e. The normalized spacial score (nSPS) is 19.0. The van der Waals surface area contributed by atoms with Gasteiger partial charge in [-0.05, 0) is 170 Å². The van der Waals surface area contributed by atoms with Gasteiger partial charge in [0.1, 0.15) is 53.0 Å². The lowest BCUT2D eigenvalue weighted by Gasteiger charge is -2.39. The fraction of sp³-hybridized carbons (Fsp3) is 0.372. The van der Waals surface area contributed by atoms with E-state index in [2.05, 4.69) is 45.9 Å². The highest BCUT2D eigenvalue weighted by Crippen LogP contribution is 2.53. The summed E-state index contributed by atoms with van der Waals surface area (Å²) < 4.78 is 86.5. The number of carbonyl (C=O) groups excluding carboxylic acids is 1. The smallest absolute Gasteiger partial charge is 0.305 e. The van der Waals surface area contributed by atoms with Gasteiger partial charge in [0.15, 0.2) is 29.6 Å². The van der Waals surface area contributed by atoms with Gasteiger partial charge in [-0.15, -0.1) is 10.2 Å². The average molecular weight is 1510 g/mol. The van der Waals surface area contributed by atoms with Crippen LogP contribution >= 0.6 is 0 Å². The Balaban J connectivity index is 0.000000368. The summed E-state index contributed by atoms with van der Waals surface area (Å²) in [7, 11) is 5.02. The van der Waals surface area contributed by atoms with E-state index in [-0.39, 0.29) is 72.9 Å². The molecule has 5 aliphatic rings. The van der Waals surface area contributed by atoms with E-state index in [4.69, 9.17) is 45.0 Å². The lowest BCUT2D eigenvalue weighted by Crippen LogP contribution is -2.59. The summed E-state index contributed by atoms with van der Waals surface area (Å²) in [5, 5.41) is 108. The van der Waals surface area contributed by atoms with Crippen LogP contribution in [0.3, 0.4) is 0 Å². The zero-order valence-corrected chi connectivity index (χ0v) is 59.5. The standard InChI is InChI=1S/C63H56F4N8O5.C10H17N3O6.C3H8O2.CH3N3.CH4/c1-75-52-28-18-41-40(17-19-43(52)73-74-75)42(41)33-80-53(79)16-5-3-2-4-6-29-68-63-61(66)59(64)58(60(65)62(63)67)57-50-26-24-48(71-50)55(35-11-8-14-38(77)31-35)46-22-20-44(69-46)54(34-10-7-13-37(76)30-34)45-21-23-47(70-45)56(49-25-27-51(57)72-49)36-12-9-15-39(78)32-36;1-13-2-5(11-12-13)4-18-10-9(17)8(16)7(15)6(3-14)19-10;1-3(5)2-4;1-3-4-2;/h7-15,20-27,30-32,40-42,68-69,72,76-78H,2-6,16-19,28-29,33H2,1H3;2,6-10,14-17H,3-4H2,1H3;3-5H,2H2,1H3;1H3;1H4/t40-,41+,42+;6?,7-,8+,9?,10+;;;/m01.../s1. The number of aromatic amines is 2. The number of hydrogen-bond acceptors (Lipinski definition) is 21. The minimum absolute atomic E-state index is 0. The summed E-state index contributed by atoms with van der Waals surface area (Å²) >= 11 is 0. The number of nitrogens with one attached hydrogen (secondary N) is 3. The topological polar surface area (TPSA) is 406 Å². The van der Waals surface area contributed by atoms with Gasteiger partial charge in [0, 0.05) is 83.3 Å². The second-order valence-electron chi connectivity index (χ2n) is 26.7. The number of aliphatic hydroxyl groups excluding tert-OH is 6. The first kappa shape index (κ1) is 80.7. The van der Waals surface area contributed by atoms with Gasteiger partial charge in [-0.25, -0.2) is 27.5 Å². The molecular formula is C78H88F4N14O13. The van der Waals surface area contributed by atoms with Gasteiger partial charge in [0.05, 0.1) is 78.5 Å². The first-order valence-corrected chi connectivity index (χ1v) is 35.3. The molecule has 8 bridgehead atoms. The molecule has 109 heavy (non-hydrogen) atoms. The van der Waals surface area contributed by atoms with E-state index in [0.29, 0.717) is 117 Å². The number of esters is 1. The summed E-state index contributed by atoms with van der Waals surface area (Å²) in [4.78, 5) is 31.9. The highest BCUT2D eigenvalue weighted by molar-refractivity contribution is 6.00. The Bertz CT molecular complexity index is 4910. The zero-order valence-electron chi connectivity index (χ0n) is 59.5. The second kappa shape index (κ2) is 36.8. The largest absolute Gasteiger partial charge is 0.508 e. The first-order valence-electron chi connectivity index (χ1n) is 35.3. The Morgan fingerprint density at radius 2 is 1.17 bits per heavy atom. The summed E-state index contributed by atoms with van der Waals surface area (Å²) in [5.41, 5.74) is 13.9. The van der Waals surface area contributed by atoms with Crippen molar-refractivity contribution in [3.63, 3.8) is 0 Å². The van der Waals surface area contributed by atoms with Crippen LogP contribution in [0.4, 0.5) is 23.2 Å². The number of ether oxygens (including phenoxy) is 3. The predicted molar refractivity (Wildman–Crippen MR) is 401 cm³/mol. The second-order valence-corrected chi connectivity index (χ2v) is 26.7. The van der Waals surface area contributed by atoms with Crippen LogP contribution in [0.15, 0.2) is 108 Å². The number of aliphatic hydroxyl groups is 6. The maximum absolute atomic E-state index is 17.0. The number of nitrogens with zero attached hydrogens (tertiary/aromatic N) is 11. The third-order valence-corrected chi connectivity index (χ3v) is 19.2. The molecule has 12 N–H and O–H groups in total. The molecule has 2 fully saturated rings. The van der Waals surface area contributed by atoms with E-state index in [1.807, 2.05) is 36.0 Å². The summed E-state index contributed by atoms with van der Waals surface area (Å²) in [6.45, 7) is 1.38. The molecule has 4 aromatic carbocycles. The van der Waals surface area contributed by atoms with E-state index in [1.54, 1.807) is 86.1 Å². The fourth-order valence-electron chi connectivity index (χ4n) is 13.8. The molecule has 0 spiro atoms. The third kappa shape index (κ3) is 19.0. The van der Waals surface area contributed by atoms with E-state index < -0.39 is 77.9 Å². The van der Waals surface area contributed by atoms with Gasteiger partial charge in [-0.1, -0.05) is 78.6 Å². The van der Waals surface area contributed by atoms with Crippen molar-refractivity contribution < 1.29 is 82.5 Å². The van der Waals surface area contributed by atoms with E-state index in [0.717, 1.165) is 44.2 Å². The molecule has 2 aliphatic carbocycles. The predicted octanol–water partition coefficient (Wildman–Crippen LogP) is 11.9. The van der Waals surface area contributed by atoms with Gasteiger partial charge in [-0.2, -0.15) is 0 Å². The van der Waals surface area contributed by atoms with E-state index >= 15 is 17.6 Å². The molecule has 9 aromatic rings. The summed E-state index contributed by atoms with van der Waals surface area (Å²) in [6.07, 6.45) is 8.75. The van der Waals surface area contributed by atoms with Crippen LogP contribution < -0.4 is 5.32 Å². The number of aryl methyl sites for hydroxylation is 3. The Morgan fingerprint density at radius 1 is 0.679 bits per heavy atom. The van der Waals surface area contributed by atoms with Crippen molar-refractivity contribution in [1.82, 2.24) is 49.9 Å². The number of aromatic nitrogens is 10. The number of carbonyl (C=O) groups is 1. The average Bonchev–Trinajstić information content (AvgIpc) is 1.70. The number of phenols is 3. The molecule has 3 aliphatic heterocycles. The molecule has 9 atom stereocenters. The molecule has 27 nitrogen and oxygen atoms in total. The molecule has 31 heteroatoms. The molecule has 576 valence electrons. The van der Waals surface area contributed by atoms with Crippen molar-refractivity contribution in [3.05, 3.63) is 177 Å². The number of H-pyrrole nitrogens is 2. The number of aromatic hydroxyl groups is 3. The number of halogens is 4.